The van der Waals surface area contributed by atoms with E-state index in [0.717, 1.165) is 17.2 Å². The Morgan fingerprint density at radius 2 is 1.80 bits per heavy atom. The van der Waals surface area contributed by atoms with Gasteiger partial charge in [0.15, 0.2) is 0 Å². The van der Waals surface area contributed by atoms with E-state index < -0.39 is 65.7 Å². The first kappa shape index (κ1) is 49.3. The lowest BCUT2D eigenvalue weighted by Crippen LogP contribution is -2.40. The summed E-state index contributed by atoms with van der Waals surface area (Å²) < 4.78 is 75.3. The fourth-order valence-corrected chi connectivity index (χ4v) is 10.2. The second-order valence-corrected chi connectivity index (χ2v) is 21.2. The minimum absolute atomic E-state index is 0.0325. The van der Waals surface area contributed by atoms with Crippen LogP contribution in [0.15, 0.2) is 15.8 Å². The van der Waals surface area contributed by atoms with E-state index in [4.69, 9.17) is 38.0 Å². The number of aromatic nitrogens is 2. The van der Waals surface area contributed by atoms with E-state index in [1.165, 1.54) is 21.6 Å². The smallest absolute Gasteiger partial charge is 0.450 e. The number of ether oxygens (including phenoxy) is 5. The molecule has 0 radical (unpaired) electrons. The number of phosphoric acid groups is 3. The first-order chi connectivity index (χ1) is 25.3. The molecule has 0 aromatic carbocycles. The van der Waals surface area contributed by atoms with Crippen molar-refractivity contribution in [2.24, 2.45) is 0 Å². The minimum Gasteiger partial charge on any atom is -0.450 e. The topological polar surface area (TPSA) is 290 Å². The van der Waals surface area contributed by atoms with Crippen molar-refractivity contribution in [1.29, 1.82) is 0 Å². The molecule has 1 aliphatic heterocycles. The lowest BCUT2D eigenvalue weighted by molar-refractivity contribution is -0.0229. The number of aromatic amines is 1. The first-order valence-corrected chi connectivity index (χ1v) is 25.1. The third-order valence-electron chi connectivity index (χ3n) is 6.58. The van der Waals surface area contributed by atoms with Gasteiger partial charge in [0, 0.05) is 31.3 Å². The van der Waals surface area contributed by atoms with Gasteiger partial charge in [0.25, 0.3) is 5.56 Å². The van der Waals surface area contributed by atoms with E-state index in [1.807, 2.05) is 0 Å². The fraction of sp³-hybridized carbons (Fsp3) is 0.731. The largest absolute Gasteiger partial charge is 0.490 e. The van der Waals surface area contributed by atoms with Crippen molar-refractivity contribution in [2.45, 2.75) is 56.1 Å². The van der Waals surface area contributed by atoms with E-state index >= 15 is 0 Å². The number of H-pyrrole nitrogens is 1. The summed E-state index contributed by atoms with van der Waals surface area (Å²) in [6, 6.07) is -0.957. The maximum atomic E-state index is 12.8. The molecule has 21 nitrogen and oxygen atoms in total. The second kappa shape index (κ2) is 24.2. The van der Waals surface area contributed by atoms with Crippen LogP contribution in [0.5, 0.6) is 0 Å². The number of unbranched alkanes of at least 4 members (excludes halogenated alkanes) is 1. The van der Waals surface area contributed by atoms with Crippen LogP contribution in [0.2, 0.25) is 0 Å². The third-order valence-corrected chi connectivity index (χ3v) is 14.9. The van der Waals surface area contributed by atoms with Gasteiger partial charge in [-0.25, -0.2) is 23.3 Å². The van der Waals surface area contributed by atoms with Gasteiger partial charge < -0.3 is 48.6 Å². The first-order valence-electron chi connectivity index (χ1n) is 15.6. The van der Waals surface area contributed by atoms with Crippen LogP contribution in [0.4, 0.5) is 4.79 Å². The maximum Gasteiger partial charge on any atom is 0.490 e. The Labute approximate surface area is 326 Å². The van der Waals surface area contributed by atoms with Gasteiger partial charge in [0.05, 0.1) is 32.4 Å². The summed E-state index contributed by atoms with van der Waals surface area (Å²) in [5, 5.41) is 2.44. The molecule has 54 heavy (non-hydrogen) atoms. The van der Waals surface area contributed by atoms with Crippen LogP contribution in [0.3, 0.4) is 0 Å². The molecule has 1 saturated heterocycles. The highest BCUT2D eigenvalue weighted by Gasteiger charge is 2.44. The fourth-order valence-electron chi connectivity index (χ4n) is 4.15. The predicted molar refractivity (Wildman–Crippen MR) is 203 cm³/mol. The lowest BCUT2D eigenvalue weighted by atomic mass is 10.1. The highest BCUT2D eigenvalue weighted by Crippen LogP contribution is 2.66. The van der Waals surface area contributed by atoms with E-state index in [0.29, 0.717) is 32.0 Å². The van der Waals surface area contributed by atoms with Crippen LogP contribution in [-0.4, -0.2) is 117 Å². The number of amides is 1. The molecule has 1 fully saturated rings. The summed E-state index contributed by atoms with van der Waals surface area (Å²) >= 11 is 0. The molecular weight excluding hydrogens is 863 g/mol. The molecule has 0 spiro atoms. The van der Waals surface area contributed by atoms with Gasteiger partial charge in [-0.2, -0.15) is 8.62 Å². The number of hydrogen-bond acceptors (Lipinski definition) is 18. The quantitative estimate of drug-likeness (QED) is 0.0270. The van der Waals surface area contributed by atoms with Gasteiger partial charge >= 0.3 is 35.3 Å². The Morgan fingerprint density at radius 3 is 2.48 bits per heavy atom. The molecule has 310 valence electrons. The zero-order valence-corrected chi connectivity index (χ0v) is 35.5. The van der Waals surface area contributed by atoms with Crippen molar-refractivity contribution in [3.63, 3.8) is 0 Å². The molecule has 2 unspecified atom stereocenters. The standard InChI is InChI=1S/C26H44N3O18P3S4/c1-26(2,9-13-40-3)54-53-17-41-11-5-6-12-42-25(32)27-10-7-8-19-14-29(24(31)28-23(19)30)20-15-43-21(22(20)44-18-52-51-4)16-45-49(36,37)47-50(38,39)46-48(33,34)35/h14,20-22H,5-6,9-13,15-18H2,1-4H3,(H,27,32)(H,36,37)(H,38,39)(H,28,30,31)(H2,33,34,35)/t20-,21-,22+/m1/s1. The number of phosphoric ester groups is 1. The van der Waals surface area contributed by atoms with Crippen molar-refractivity contribution >= 4 is 72.7 Å². The van der Waals surface area contributed by atoms with E-state index in [2.05, 4.69) is 44.6 Å². The highest BCUT2D eigenvalue weighted by atomic mass is 33.1. The molecule has 0 saturated carbocycles. The molecular formula is C26H44N3O18P3S4. The Kier molecular flexibility index (Phi) is 22.1. The average Bonchev–Trinajstić information content (AvgIpc) is 3.45. The zero-order valence-electron chi connectivity index (χ0n) is 29.5. The predicted octanol–water partition coefficient (Wildman–Crippen LogP) is 3.20. The molecule has 0 bridgehead atoms. The second-order valence-electron chi connectivity index (χ2n) is 11.3. The Balaban J connectivity index is 1.91. The van der Waals surface area contributed by atoms with Crippen LogP contribution in [0.1, 0.15) is 44.7 Å². The van der Waals surface area contributed by atoms with Crippen molar-refractivity contribution in [2.75, 3.05) is 64.8 Å². The van der Waals surface area contributed by atoms with Gasteiger partial charge in [-0.1, -0.05) is 55.0 Å². The maximum absolute atomic E-state index is 12.8. The SMILES string of the molecule is COCCC(C)(C)SSCOCCCCOC(=O)NCC#Cc1cn([C@@H]2CO[C@H](COP(=O)(O)OP(=O)(O)OP(=O)(O)O)[C@H]2OCSSC)c(=O)[nH]c1=O. The number of nitrogens with zero attached hydrogens (tertiary/aromatic N) is 1. The number of carbonyl (C=O) groups is 1. The average molecular weight is 908 g/mol. The summed E-state index contributed by atoms with van der Waals surface area (Å²) in [7, 11) is -9.20. The monoisotopic (exact) mass is 907 g/mol. The van der Waals surface area contributed by atoms with Crippen LogP contribution in [0.25, 0.3) is 0 Å². The van der Waals surface area contributed by atoms with Crippen molar-refractivity contribution in [3.8, 4) is 11.8 Å². The van der Waals surface area contributed by atoms with E-state index in [-0.39, 0.29) is 36.0 Å². The molecule has 1 aliphatic rings. The third kappa shape index (κ3) is 20.0. The molecule has 2 rings (SSSR count). The number of hydrogen-bond donors (Lipinski definition) is 6. The lowest BCUT2D eigenvalue weighted by Gasteiger charge is -2.25. The Bertz CT molecular complexity index is 1670. The molecule has 1 aromatic rings. The van der Waals surface area contributed by atoms with Crippen molar-refractivity contribution in [1.82, 2.24) is 14.9 Å². The Hall–Kier alpha value is -0.840. The Morgan fingerprint density at radius 1 is 1.07 bits per heavy atom. The molecule has 28 heteroatoms. The van der Waals surface area contributed by atoms with Crippen LogP contribution >= 0.6 is 66.6 Å². The van der Waals surface area contributed by atoms with Gasteiger partial charge in [-0.05, 0) is 39.4 Å². The van der Waals surface area contributed by atoms with Crippen LogP contribution in [0, 0.1) is 11.8 Å². The van der Waals surface area contributed by atoms with Gasteiger partial charge in [0.2, 0.25) is 0 Å². The summed E-state index contributed by atoms with van der Waals surface area (Å²) in [6.07, 6.45) is 2.10. The molecule has 1 aromatic heterocycles. The number of rotatable bonds is 25. The summed E-state index contributed by atoms with van der Waals surface area (Å²) in [5.41, 5.74) is -1.85. The number of nitrogens with one attached hydrogen (secondary N) is 2. The molecule has 0 aliphatic carbocycles. The van der Waals surface area contributed by atoms with Crippen LogP contribution < -0.4 is 16.6 Å². The van der Waals surface area contributed by atoms with Gasteiger partial charge in [-0.15, -0.1) is 0 Å². The summed E-state index contributed by atoms with van der Waals surface area (Å²) in [6.45, 7) is 4.38. The van der Waals surface area contributed by atoms with Gasteiger partial charge in [-0.3, -0.25) is 18.9 Å². The highest BCUT2D eigenvalue weighted by molar-refractivity contribution is 8.77. The minimum atomic E-state index is -5.76. The molecule has 2 heterocycles. The van der Waals surface area contributed by atoms with Crippen molar-refractivity contribution < 1.29 is 74.9 Å². The van der Waals surface area contributed by atoms with E-state index in [1.54, 1.807) is 35.0 Å². The summed E-state index contributed by atoms with van der Waals surface area (Å²) in [4.78, 5) is 76.2. The van der Waals surface area contributed by atoms with E-state index in [9.17, 15) is 37.9 Å². The molecule has 1 amide bonds. The summed E-state index contributed by atoms with van der Waals surface area (Å²) in [5.74, 6) is 5.74. The molecule has 5 atom stereocenters. The zero-order chi connectivity index (χ0) is 40.4. The normalized spacial score (nSPS) is 19.7. The molecule has 6 N–H and O–H groups in total. The van der Waals surface area contributed by atoms with Crippen molar-refractivity contribution in [3.05, 3.63) is 32.6 Å². The number of methoxy groups -OCH3 is 1. The van der Waals surface area contributed by atoms with Gasteiger partial charge in [0.1, 0.15) is 29.6 Å². The number of alkyl carbamates (subject to hydrolysis) is 1. The van der Waals surface area contributed by atoms with Crippen LogP contribution in [-0.2, 0) is 50.5 Å². The number of carbonyl (C=O) groups excluding carboxylic acids is 1.